The van der Waals surface area contributed by atoms with Crippen molar-refractivity contribution >= 4 is 17.3 Å². The number of rotatable bonds is 6. The van der Waals surface area contributed by atoms with Gasteiger partial charge in [0.2, 0.25) is 0 Å². The number of halogens is 1. The monoisotopic (exact) mass is 424 g/mol. The molecule has 1 aliphatic rings. The molecule has 1 saturated heterocycles. The quantitative estimate of drug-likeness (QED) is 0.600. The number of nitrogens with one attached hydrogen (secondary N) is 1. The van der Waals surface area contributed by atoms with E-state index in [0.717, 1.165) is 22.6 Å². The molecule has 1 aliphatic heterocycles. The first-order valence-electron chi connectivity index (χ1n) is 9.93. The summed E-state index contributed by atoms with van der Waals surface area (Å²) in [7, 11) is 1.68. The first kappa shape index (κ1) is 20.5. The minimum atomic E-state index is -0.247. The average Bonchev–Trinajstić information content (AvgIpc) is 3.23. The van der Waals surface area contributed by atoms with Gasteiger partial charge in [0.05, 0.1) is 30.1 Å². The number of para-hydroxylation sites is 1. The van der Waals surface area contributed by atoms with Crippen LogP contribution < -0.4 is 5.32 Å². The summed E-state index contributed by atoms with van der Waals surface area (Å²) in [6.45, 7) is 5.23. The molecule has 1 fully saturated rings. The van der Waals surface area contributed by atoms with Crippen LogP contribution in [0.4, 0.5) is 4.39 Å². The molecule has 1 N–H and O–H groups in total. The molecule has 0 saturated carbocycles. The minimum Gasteiger partial charge on any atom is -0.383 e. The molecule has 0 radical (unpaired) electrons. The third kappa shape index (κ3) is 3.59. The highest BCUT2D eigenvalue weighted by atomic mass is 32.1. The largest absolute Gasteiger partial charge is 0.383 e. The summed E-state index contributed by atoms with van der Waals surface area (Å²) >= 11 is 5.67. The number of hydrogen-bond acceptors (Lipinski definition) is 3. The Kier molecular flexibility index (Phi) is 5.83. The summed E-state index contributed by atoms with van der Waals surface area (Å²) in [4.78, 5) is 6.71. The summed E-state index contributed by atoms with van der Waals surface area (Å²) in [6, 6.07) is 14.7. The standard InChI is InChI=1S/C23H25FN4OS/c1-15-14-17(16(2)28(15)20-10-5-4-8-18(20)24)22-21(19-9-6-7-11-25-19)26-23(30)27(22)12-13-29-3/h4-11,14,21-22H,12-13H2,1-3H3,(H,26,30). The van der Waals surface area contributed by atoms with Crippen molar-refractivity contribution in [2.24, 2.45) is 0 Å². The van der Waals surface area contributed by atoms with Gasteiger partial charge in [-0.25, -0.2) is 4.39 Å². The number of hydrogen-bond donors (Lipinski definition) is 1. The summed E-state index contributed by atoms with van der Waals surface area (Å²) in [5.74, 6) is -0.247. The molecule has 5 nitrogen and oxygen atoms in total. The Bertz CT molecular complexity index is 1050. The van der Waals surface area contributed by atoms with Gasteiger partial charge in [-0.2, -0.15) is 0 Å². The smallest absolute Gasteiger partial charge is 0.170 e. The highest BCUT2D eigenvalue weighted by molar-refractivity contribution is 7.80. The number of ether oxygens (including phenoxy) is 1. The maximum absolute atomic E-state index is 14.6. The molecule has 0 spiro atoms. The van der Waals surface area contributed by atoms with Crippen LogP contribution in [0, 0.1) is 19.7 Å². The van der Waals surface area contributed by atoms with Crippen molar-refractivity contribution in [3.05, 3.63) is 83.2 Å². The van der Waals surface area contributed by atoms with Crippen LogP contribution in [0.5, 0.6) is 0 Å². The zero-order chi connectivity index (χ0) is 21.3. The lowest BCUT2D eigenvalue weighted by Gasteiger charge is -2.28. The van der Waals surface area contributed by atoms with Gasteiger partial charge >= 0.3 is 0 Å². The lowest BCUT2D eigenvalue weighted by atomic mass is 9.97. The van der Waals surface area contributed by atoms with Crippen molar-refractivity contribution in [2.45, 2.75) is 25.9 Å². The molecular formula is C23H25FN4OS. The fourth-order valence-corrected chi connectivity index (χ4v) is 4.60. The lowest BCUT2D eigenvalue weighted by Crippen LogP contribution is -2.32. The second-order valence-electron chi connectivity index (χ2n) is 7.43. The van der Waals surface area contributed by atoms with Crippen LogP contribution in [-0.4, -0.2) is 39.8 Å². The molecule has 2 unspecified atom stereocenters. The fourth-order valence-electron chi connectivity index (χ4n) is 4.27. The van der Waals surface area contributed by atoms with E-state index in [2.05, 4.69) is 21.3 Å². The van der Waals surface area contributed by atoms with Crippen molar-refractivity contribution in [1.82, 2.24) is 19.8 Å². The molecule has 7 heteroatoms. The highest BCUT2D eigenvalue weighted by Gasteiger charge is 2.41. The average molecular weight is 425 g/mol. The molecule has 3 heterocycles. The first-order valence-corrected chi connectivity index (χ1v) is 10.3. The Labute approximate surface area is 181 Å². The summed E-state index contributed by atoms with van der Waals surface area (Å²) in [5.41, 5.74) is 4.51. The second-order valence-corrected chi connectivity index (χ2v) is 7.81. The van der Waals surface area contributed by atoms with E-state index in [9.17, 15) is 4.39 Å². The predicted molar refractivity (Wildman–Crippen MR) is 119 cm³/mol. The summed E-state index contributed by atoms with van der Waals surface area (Å²) < 4.78 is 21.9. The van der Waals surface area contributed by atoms with Crippen LogP contribution in [0.15, 0.2) is 54.7 Å². The Morgan fingerprint density at radius 2 is 1.93 bits per heavy atom. The van der Waals surface area contributed by atoms with E-state index in [1.807, 2.05) is 42.7 Å². The predicted octanol–water partition coefficient (Wildman–Crippen LogP) is 4.25. The Morgan fingerprint density at radius 1 is 1.17 bits per heavy atom. The van der Waals surface area contributed by atoms with Gasteiger partial charge in [0, 0.05) is 31.2 Å². The minimum absolute atomic E-state index is 0.0747. The lowest BCUT2D eigenvalue weighted by molar-refractivity contribution is 0.164. The molecule has 0 bridgehead atoms. The van der Waals surface area contributed by atoms with Crippen LogP contribution in [0.1, 0.15) is 34.7 Å². The zero-order valence-electron chi connectivity index (χ0n) is 17.3. The normalized spacial score (nSPS) is 18.7. The third-order valence-corrected chi connectivity index (χ3v) is 5.97. The summed E-state index contributed by atoms with van der Waals surface area (Å²) in [5, 5.41) is 4.11. The van der Waals surface area contributed by atoms with E-state index >= 15 is 0 Å². The van der Waals surface area contributed by atoms with Crippen molar-refractivity contribution < 1.29 is 9.13 Å². The van der Waals surface area contributed by atoms with Crippen LogP contribution in [-0.2, 0) is 4.74 Å². The van der Waals surface area contributed by atoms with E-state index in [0.29, 0.717) is 24.0 Å². The number of thiocarbonyl (C=S) groups is 1. The van der Waals surface area contributed by atoms with Gasteiger partial charge < -0.3 is 19.5 Å². The number of nitrogens with zero attached hydrogens (tertiary/aromatic N) is 3. The SMILES string of the molecule is COCCN1C(=S)NC(c2ccccn2)C1c1cc(C)n(-c2ccccc2F)c1C. The topological polar surface area (TPSA) is 42.3 Å². The number of pyridine rings is 1. The number of benzene rings is 1. The molecule has 1 aromatic carbocycles. The van der Waals surface area contributed by atoms with E-state index in [4.69, 9.17) is 17.0 Å². The number of aromatic nitrogens is 2. The van der Waals surface area contributed by atoms with Gasteiger partial charge in [0.25, 0.3) is 0 Å². The van der Waals surface area contributed by atoms with Crippen molar-refractivity contribution in [3.63, 3.8) is 0 Å². The maximum Gasteiger partial charge on any atom is 0.170 e. The Hall–Kier alpha value is -2.77. The molecule has 156 valence electrons. The molecule has 3 aromatic rings. The van der Waals surface area contributed by atoms with Gasteiger partial charge in [-0.3, -0.25) is 4.98 Å². The van der Waals surface area contributed by atoms with Crippen molar-refractivity contribution in [3.8, 4) is 5.69 Å². The fraction of sp³-hybridized carbons (Fsp3) is 0.304. The van der Waals surface area contributed by atoms with Gasteiger partial charge in [0.15, 0.2) is 5.11 Å². The molecule has 2 aromatic heterocycles. The number of aryl methyl sites for hydroxylation is 1. The van der Waals surface area contributed by atoms with Crippen LogP contribution in [0.3, 0.4) is 0 Å². The van der Waals surface area contributed by atoms with E-state index in [1.165, 1.54) is 6.07 Å². The maximum atomic E-state index is 14.6. The molecule has 2 atom stereocenters. The first-order chi connectivity index (χ1) is 14.5. The van der Waals surface area contributed by atoms with Crippen LogP contribution in [0.25, 0.3) is 5.69 Å². The molecule has 4 rings (SSSR count). The zero-order valence-corrected chi connectivity index (χ0v) is 18.1. The van der Waals surface area contributed by atoms with E-state index in [-0.39, 0.29) is 17.9 Å². The van der Waals surface area contributed by atoms with Crippen LogP contribution in [0.2, 0.25) is 0 Å². The van der Waals surface area contributed by atoms with Gasteiger partial charge in [0.1, 0.15) is 5.82 Å². The van der Waals surface area contributed by atoms with Gasteiger partial charge in [-0.1, -0.05) is 18.2 Å². The van der Waals surface area contributed by atoms with Crippen molar-refractivity contribution in [2.75, 3.05) is 20.3 Å². The van der Waals surface area contributed by atoms with Gasteiger partial charge in [-0.05, 0) is 62.0 Å². The van der Waals surface area contributed by atoms with E-state index in [1.54, 1.807) is 25.4 Å². The van der Waals surface area contributed by atoms with Gasteiger partial charge in [-0.15, -0.1) is 0 Å². The van der Waals surface area contributed by atoms with Crippen LogP contribution >= 0.6 is 12.2 Å². The van der Waals surface area contributed by atoms with E-state index < -0.39 is 0 Å². The molecule has 30 heavy (non-hydrogen) atoms. The Balaban J connectivity index is 1.83. The Morgan fingerprint density at radius 3 is 2.63 bits per heavy atom. The number of methoxy groups -OCH3 is 1. The highest BCUT2D eigenvalue weighted by Crippen LogP contribution is 2.41. The summed E-state index contributed by atoms with van der Waals surface area (Å²) in [6.07, 6.45) is 1.79. The molecule has 0 aliphatic carbocycles. The molecular weight excluding hydrogens is 399 g/mol. The second kappa shape index (κ2) is 8.53. The molecule has 0 amide bonds. The third-order valence-electron chi connectivity index (χ3n) is 5.62. The van der Waals surface area contributed by atoms with Crippen molar-refractivity contribution in [1.29, 1.82) is 0 Å².